The van der Waals surface area contributed by atoms with E-state index in [0.717, 1.165) is 39.0 Å². The standard InChI is InChI=1S/C44H61N7O11S/c1-4-25(2)37(43(61)48-31(22-27-14-8-5-9-15-27)41(59)49-33(24-63)39(45)57)50-44(62)38(36(28-16-10-6-11-17-28)29-18-12-7-13-19-29)51-40(58)30(20-21-34(53)54)47-42(60)32(23-35(55)56)46-26(3)52/h6-7,10-13,16-19,25,27,30-33,36-38,63H,4-5,8-9,14-15,20-24H2,1-3H3,(H2,45,57)(H,46,52)(H,47,60)(H,48,61)(H,49,59)(H,50,62)(H,51,58)(H,53,54)(H,55,56)/t25-,30-,31-,32-,33-,37-,38-/m0/s1. The first-order valence-electron chi connectivity index (χ1n) is 21.2. The number of aliphatic carboxylic acids is 2. The minimum Gasteiger partial charge on any atom is -0.481 e. The van der Waals surface area contributed by atoms with Crippen molar-refractivity contribution in [3.05, 3.63) is 71.8 Å². The van der Waals surface area contributed by atoms with Crippen molar-refractivity contribution in [2.24, 2.45) is 17.6 Å². The summed E-state index contributed by atoms with van der Waals surface area (Å²) >= 11 is 4.14. The van der Waals surface area contributed by atoms with E-state index in [4.69, 9.17) is 5.73 Å². The number of carboxylic acids is 2. The van der Waals surface area contributed by atoms with Crippen molar-refractivity contribution in [1.29, 1.82) is 0 Å². The van der Waals surface area contributed by atoms with E-state index in [1.165, 1.54) is 0 Å². The number of thiol groups is 1. The van der Waals surface area contributed by atoms with Gasteiger partial charge in [-0.15, -0.1) is 0 Å². The topological polar surface area (TPSA) is 292 Å². The van der Waals surface area contributed by atoms with Gasteiger partial charge in [-0.25, -0.2) is 0 Å². The zero-order chi connectivity index (χ0) is 46.6. The molecular weight excluding hydrogens is 835 g/mol. The third-order valence-corrected chi connectivity index (χ3v) is 11.5. The average molecular weight is 896 g/mol. The number of carbonyl (C=O) groups excluding carboxylic acids is 7. The highest BCUT2D eigenvalue weighted by Gasteiger charge is 2.39. The van der Waals surface area contributed by atoms with Gasteiger partial charge >= 0.3 is 11.9 Å². The Hall–Kier alpha value is -5.98. The zero-order valence-corrected chi connectivity index (χ0v) is 36.7. The lowest BCUT2D eigenvalue weighted by molar-refractivity contribution is -0.141. The molecule has 2 aromatic rings. The molecule has 1 fully saturated rings. The molecule has 0 heterocycles. The molecule has 2 aromatic carbocycles. The molecule has 3 rings (SSSR count). The molecule has 0 aromatic heterocycles. The summed E-state index contributed by atoms with van der Waals surface area (Å²) in [6.07, 6.45) is 3.30. The summed E-state index contributed by atoms with van der Waals surface area (Å²) in [7, 11) is 0. The van der Waals surface area contributed by atoms with Crippen LogP contribution in [0.4, 0.5) is 0 Å². The predicted octanol–water partition coefficient (Wildman–Crippen LogP) is 1.52. The molecule has 0 saturated heterocycles. The fourth-order valence-corrected chi connectivity index (χ4v) is 7.83. The van der Waals surface area contributed by atoms with Crippen molar-refractivity contribution < 1.29 is 53.4 Å². The van der Waals surface area contributed by atoms with Crippen LogP contribution in [-0.2, 0) is 43.2 Å². The second-order valence-electron chi connectivity index (χ2n) is 15.9. The minimum atomic E-state index is -1.64. The maximum absolute atomic E-state index is 14.9. The monoisotopic (exact) mass is 895 g/mol. The van der Waals surface area contributed by atoms with E-state index in [-0.39, 0.29) is 18.1 Å². The molecule has 18 nitrogen and oxygen atoms in total. The summed E-state index contributed by atoms with van der Waals surface area (Å²) in [5, 5.41) is 34.5. The molecule has 63 heavy (non-hydrogen) atoms. The molecule has 344 valence electrons. The van der Waals surface area contributed by atoms with Gasteiger partial charge in [-0.1, -0.05) is 113 Å². The van der Waals surface area contributed by atoms with Gasteiger partial charge in [0.25, 0.3) is 0 Å². The van der Waals surface area contributed by atoms with E-state index >= 15 is 0 Å². The molecular formula is C44H61N7O11S. The number of rotatable bonds is 25. The summed E-state index contributed by atoms with van der Waals surface area (Å²) in [5.41, 5.74) is 6.60. The molecule has 0 radical (unpaired) electrons. The summed E-state index contributed by atoms with van der Waals surface area (Å²) in [6.45, 7) is 4.59. The van der Waals surface area contributed by atoms with Crippen LogP contribution in [0.3, 0.4) is 0 Å². The highest BCUT2D eigenvalue weighted by molar-refractivity contribution is 7.80. The smallest absolute Gasteiger partial charge is 0.305 e. The Bertz CT molecular complexity index is 1840. The summed E-state index contributed by atoms with van der Waals surface area (Å²) < 4.78 is 0. The van der Waals surface area contributed by atoms with Crippen molar-refractivity contribution in [3.8, 4) is 0 Å². The van der Waals surface area contributed by atoms with Crippen molar-refractivity contribution in [1.82, 2.24) is 31.9 Å². The van der Waals surface area contributed by atoms with Gasteiger partial charge in [0.15, 0.2) is 0 Å². The molecule has 0 bridgehead atoms. The van der Waals surface area contributed by atoms with Gasteiger partial charge in [-0.2, -0.15) is 12.6 Å². The van der Waals surface area contributed by atoms with Crippen LogP contribution in [0.2, 0.25) is 0 Å². The Balaban J connectivity index is 2.09. The Morgan fingerprint density at radius 3 is 1.63 bits per heavy atom. The van der Waals surface area contributed by atoms with E-state index in [1.807, 2.05) is 0 Å². The maximum atomic E-state index is 14.9. The second-order valence-corrected chi connectivity index (χ2v) is 16.3. The van der Waals surface area contributed by atoms with Gasteiger partial charge in [0.1, 0.15) is 36.3 Å². The van der Waals surface area contributed by atoms with E-state index in [1.54, 1.807) is 74.5 Å². The number of hydrogen-bond acceptors (Lipinski definition) is 10. The van der Waals surface area contributed by atoms with Crippen LogP contribution in [0.5, 0.6) is 0 Å². The number of hydrogen-bond donors (Lipinski definition) is 10. The Labute approximate surface area is 372 Å². The van der Waals surface area contributed by atoms with Crippen LogP contribution in [-0.4, -0.2) is 106 Å². The largest absolute Gasteiger partial charge is 0.481 e. The molecule has 7 atom stereocenters. The van der Waals surface area contributed by atoms with E-state index in [0.29, 0.717) is 17.5 Å². The molecule has 0 spiro atoms. The van der Waals surface area contributed by atoms with Crippen LogP contribution in [0.25, 0.3) is 0 Å². The summed E-state index contributed by atoms with van der Waals surface area (Å²) in [5.74, 6) is -10.0. The third-order valence-electron chi connectivity index (χ3n) is 11.1. The van der Waals surface area contributed by atoms with Crippen molar-refractivity contribution in [2.45, 2.75) is 127 Å². The number of primary amides is 1. The molecule has 0 unspecified atom stereocenters. The number of nitrogens with one attached hydrogen (secondary N) is 6. The lowest BCUT2D eigenvalue weighted by Gasteiger charge is -2.33. The van der Waals surface area contributed by atoms with Gasteiger partial charge < -0.3 is 47.8 Å². The lowest BCUT2D eigenvalue weighted by atomic mass is 9.83. The Morgan fingerprint density at radius 2 is 1.14 bits per heavy atom. The predicted molar refractivity (Wildman–Crippen MR) is 235 cm³/mol. The zero-order valence-electron chi connectivity index (χ0n) is 35.8. The van der Waals surface area contributed by atoms with Crippen molar-refractivity contribution in [3.63, 3.8) is 0 Å². The van der Waals surface area contributed by atoms with Gasteiger partial charge in [-0.05, 0) is 35.8 Å². The molecule has 7 amide bonds. The lowest BCUT2D eigenvalue weighted by Crippen LogP contribution is -2.62. The number of carboxylic acid groups (broad SMARTS) is 2. The number of nitrogens with two attached hydrogens (primary N) is 1. The summed E-state index contributed by atoms with van der Waals surface area (Å²) in [4.78, 5) is 118. The SMILES string of the molecule is CC[C@H](C)[C@H](NC(=O)[C@@H](NC(=O)[C@H](CCC(=O)O)NC(=O)[C@H](CC(=O)O)NC(C)=O)C(c1ccccc1)c1ccccc1)C(=O)N[C@@H](CC1CCCCC1)C(=O)N[C@@H](CS)C(N)=O. The van der Waals surface area contributed by atoms with Gasteiger partial charge in [-0.3, -0.25) is 43.2 Å². The molecule has 19 heteroatoms. The van der Waals surface area contributed by atoms with Gasteiger partial charge in [0, 0.05) is 25.0 Å². The molecule has 1 saturated carbocycles. The normalized spacial score (nSPS) is 16.1. The first-order valence-corrected chi connectivity index (χ1v) is 21.8. The van der Waals surface area contributed by atoms with Crippen molar-refractivity contribution >= 4 is 65.9 Å². The summed E-state index contributed by atoms with van der Waals surface area (Å²) in [6, 6.07) is 9.05. The molecule has 0 aliphatic heterocycles. The van der Waals surface area contributed by atoms with Crippen LogP contribution >= 0.6 is 12.6 Å². The van der Waals surface area contributed by atoms with Crippen molar-refractivity contribution in [2.75, 3.05) is 5.75 Å². The third kappa shape index (κ3) is 16.7. The van der Waals surface area contributed by atoms with E-state index in [9.17, 15) is 53.4 Å². The highest BCUT2D eigenvalue weighted by Crippen LogP contribution is 2.30. The number of benzene rings is 2. The average Bonchev–Trinajstić information content (AvgIpc) is 3.25. The van der Waals surface area contributed by atoms with Gasteiger partial charge in [0.05, 0.1) is 6.42 Å². The van der Waals surface area contributed by atoms with E-state index < -0.39 is 121 Å². The first kappa shape index (κ1) is 51.4. The minimum absolute atomic E-state index is 0.0765. The quantitative estimate of drug-likeness (QED) is 0.0638. The Kier molecular flexibility index (Phi) is 21.1. The molecule has 10 N–H and O–H groups in total. The van der Waals surface area contributed by atoms with E-state index in [2.05, 4.69) is 44.5 Å². The number of carbonyl (C=O) groups is 9. The molecule has 1 aliphatic carbocycles. The fourth-order valence-electron chi connectivity index (χ4n) is 7.56. The Morgan fingerprint density at radius 1 is 0.651 bits per heavy atom. The first-order chi connectivity index (χ1) is 29.9. The maximum Gasteiger partial charge on any atom is 0.305 e. The van der Waals surface area contributed by atoms with Crippen LogP contribution in [0.1, 0.15) is 102 Å². The van der Waals surface area contributed by atoms with Crippen LogP contribution < -0.4 is 37.6 Å². The van der Waals surface area contributed by atoms with Crippen LogP contribution in [0.15, 0.2) is 60.7 Å². The second kappa shape index (κ2) is 25.8. The fraction of sp³-hybridized carbons (Fsp3) is 0.523. The molecule has 1 aliphatic rings. The number of amides is 7. The van der Waals surface area contributed by atoms with Crippen LogP contribution in [0, 0.1) is 11.8 Å². The van der Waals surface area contributed by atoms with Gasteiger partial charge in [0.2, 0.25) is 41.4 Å². The highest BCUT2D eigenvalue weighted by atomic mass is 32.1.